The predicted molar refractivity (Wildman–Crippen MR) is 74.7 cm³/mol. The van der Waals surface area contributed by atoms with Crippen LogP contribution in [0, 0.1) is 6.92 Å². The molecule has 1 amide bonds. The van der Waals surface area contributed by atoms with Crippen LogP contribution in [0.25, 0.3) is 0 Å². The second kappa shape index (κ2) is 6.25. The summed E-state index contributed by atoms with van der Waals surface area (Å²) in [5, 5.41) is 14.8. The standard InChI is InChI=1S/C12H16N6O2S/c1-8-15-17-12(20-8)21-6-10(19)18-4-2-3-9(5-18)11-13-7-14-16-11/h7,9H,2-6H2,1H3,(H,13,14,16). The van der Waals surface area contributed by atoms with Crippen molar-refractivity contribution in [3.63, 3.8) is 0 Å². The van der Waals surface area contributed by atoms with Crippen molar-refractivity contribution in [3.8, 4) is 0 Å². The number of aromatic amines is 1. The number of rotatable bonds is 4. The third-order valence-electron chi connectivity index (χ3n) is 3.42. The van der Waals surface area contributed by atoms with Crippen LogP contribution in [0.15, 0.2) is 16.0 Å². The van der Waals surface area contributed by atoms with Gasteiger partial charge in [-0.1, -0.05) is 11.8 Å². The van der Waals surface area contributed by atoms with E-state index in [0.29, 0.717) is 23.4 Å². The SMILES string of the molecule is Cc1nnc(SCC(=O)N2CCCC(c3ncn[nH]3)C2)o1. The average Bonchev–Trinajstić information content (AvgIpc) is 3.16. The quantitative estimate of drug-likeness (QED) is 0.841. The Labute approximate surface area is 125 Å². The molecule has 0 spiro atoms. The van der Waals surface area contributed by atoms with Crippen LogP contribution in [0.5, 0.6) is 0 Å². The van der Waals surface area contributed by atoms with Crippen LogP contribution in [0.4, 0.5) is 0 Å². The van der Waals surface area contributed by atoms with Gasteiger partial charge < -0.3 is 9.32 Å². The predicted octanol–water partition coefficient (Wildman–Crippen LogP) is 0.994. The number of likely N-dealkylation sites (tertiary alicyclic amines) is 1. The molecule has 1 N–H and O–H groups in total. The number of amides is 1. The van der Waals surface area contributed by atoms with Crippen molar-refractivity contribution < 1.29 is 9.21 Å². The number of carbonyl (C=O) groups excluding carboxylic acids is 1. The number of aryl methyl sites for hydroxylation is 1. The molecule has 3 rings (SSSR count). The number of hydrogen-bond acceptors (Lipinski definition) is 7. The molecule has 0 aromatic carbocycles. The van der Waals surface area contributed by atoms with E-state index in [1.54, 1.807) is 6.92 Å². The highest BCUT2D eigenvalue weighted by Crippen LogP contribution is 2.25. The Kier molecular flexibility index (Phi) is 4.18. The Morgan fingerprint density at radius 1 is 1.57 bits per heavy atom. The van der Waals surface area contributed by atoms with E-state index in [-0.39, 0.29) is 11.8 Å². The number of H-pyrrole nitrogens is 1. The molecule has 21 heavy (non-hydrogen) atoms. The molecule has 1 aliphatic heterocycles. The van der Waals surface area contributed by atoms with E-state index in [1.165, 1.54) is 18.1 Å². The summed E-state index contributed by atoms with van der Waals surface area (Å²) in [5.41, 5.74) is 0. The minimum atomic E-state index is 0.0834. The van der Waals surface area contributed by atoms with Gasteiger partial charge in [-0.25, -0.2) is 4.98 Å². The Morgan fingerprint density at radius 3 is 3.19 bits per heavy atom. The molecule has 2 aromatic rings. The normalized spacial score (nSPS) is 18.9. The van der Waals surface area contributed by atoms with E-state index >= 15 is 0 Å². The third kappa shape index (κ3) is 3.41. The number of aromatic nitrogens is 5. The fraction of sp³-hybridized carbons (Fsp3) is 0.583. The van der Waals surface area contributed by atoms with Crippen molar-refractivity contribution in [2.75, 3.05) is 18.8 Å². The van der Waals surface area contributed by atoms with Crippen molar-refractivity contribution >= 4 is 17.7 Å². The van der Waals surface area contributed by atoms with E-state index in [4.69, 9.17) is 4.42 Å². The molecule has 0 saturated carbocycles. The first kappa shape index (κ1) is 14.1. The fourth-order valence-electron chi connectivity index (χ4n) is 2.39. The lowest BCUT2D eigenvalue weighted by atomic mass is 9.97. The van der Waals surface area contributed by atoms with E-state index in [2.05, 4.69) is 25.4 Å². The smallest absolute Gasteiger partial charge is 0.277 e. The van der Waals surface area contributed by atoms with E-state index in [9.17, 15) is 4.79 Å². The van der Waals surface area contributed by atoms with Crippen LogP contribution in [-0.2, 0) is 4.79 Å². The van der Waals surface area contributed by atoms with Crippen LogP contribution in [-0.4, -0.2) is 55.0 Å². The first-order chi connectivity index (χ1) is 10.2. The second-order valence-corrected chi connectivity index (χ2v) is 5.85. The maximum Gasteiger partial charge on any atom is 0.277 e. The van der Waals surface area contributed by atoms with Gasteiger partial charge in [0.25, 0.3) is 5.22 Å². The molecule has 0 aliphatic carbocycles. The third-order valence-corrected chi connectivity index (χ3v) is 4.22. The van der Waals surface area contributed by atoms with Crippen LogP contribution in [0.3, 0.4) is 0 Å². The molecule has 8 nitrogen and oxygen atoms in total. The van der Waals surface area contributed by atoms with Crippen molar-refractivity contribution in [1.29, 1.82) is 0 Å². The molecule has 112 valence electrons. The summed E-state index contributed by atoms with van der Waals surface area (Å²) in [4.78, 5) is 18.3. The fourth-order valence-corrected chi connectivity index (χ4v) is 3.10. The number of hydrogen-bond donors (Lipinski definition) is 1. The minimum absolute atomic E-state index is 0.0834. The van der Waals surface area contributed by atoms with Gasteiger partial charge in [-0.3, -0.25) is 9.89 Å². The van der Waals surface area contributed by atoms with Gasteiger partial charge in [-0.05, 0) is 12.8 Å². The monoisotopic (exact) mass is 308 g/mol. The molecule has 1 aliphatic rings. The highest BCUT2D eigenvalue weighted by Gasteiger charge is 2.26. The second-order valence-electron chi connectivity index (χ2n) is 4.93. The van der Waals surface area contributed by atoms with Crippen LogP contribution in [0.1, 0.15) is 30.5 Å². The zero-order chi connectivity index (χ0) is 14.7. The zero-order valence-corrected chi connectivity index (χ0v) is 12.5. The number of nitrogens with zero attached hydrogens (tertiary/aromatic N) is 5. The Morgan fingerprint density at radius 2 is 2.48 bits per heavy atom. The minimum Gasteiger partial charge on any atom is -0.416 e. The van der Waals surface area contributed by atoms with Gasteiger partial charge in [0.05, 0.1) is 5.75 Å². The van der Waals surface area contributed by atoms with E-state index in [0.717, 1.165) is 25.2 Å². The molecule has 9 heteroatoms. The van der Waals surface area contributed by atoms with E-state index < -0.39 is 0 Å². The van der Waals surface area contributed by atoms with Gasteiger partial charge in [-0.15, -0.1) is 10.2 Å². The van der Waals surface area contributed by atoms with Gasteiger partial charge in [0.15, 0.2) is 0 Å². The first-order valence-corrected chi connectivity index (χ1v) is 7.77. The molecule has 2 aromatic heterocycles. The Balaban J connectivity index is 1.54. The molecule has 1 atom stereocenters. The van der Waals surface area contributed by atoms with Gasteiger partial charge in [-0.2, -0.15) is 5.10 Å². The van der Waals surface area contributed by atoms with Gasteiger partial charge in [0.2, 0.25) is 11.8 Å². The average molecular weight is 308 g/mol. The number of piperidine rings is 1. The van der Waals surface area contributed by atoms with Gasteiger partial charge in [0.1, 0.15) is 12.2 Å². The number of carbonyl (C=O) groups is 1. The molecular formula is C12H16N6O2S. The van der Waals surface area contributed by atoms with E-state index in [1.807, 2.05) is 4.90 Å². The summed E-state index contributed by atoms with van der Waals surface area (Å²) in [6.45, 7) is 3.19. The Bertz CT molecular complexity index is 599. The molecule has 1 unspecified atom stereocenters. The van der Waals surface area contributed by atoms with Crippen LogP contribution < -0.4 is 0 Å². The Hall–Kier alpha value is -1.90. The van der Waals surface area contributed by atoms with Crippen LogP contribution in [0.2, 0.25) is 0 Å². The molecular weight excluding hydrogens is 292 g/mol. The topological polar surface area (TPSA) is 101 Å². The van der Waals surface area contributed by atoms with Gasteiger partial charge >= 0.3 is 0 Å². The number of thioether (sulfide) groups is 1. The van der Waals surface area contributed by atoms with Crippen molar-refractivity contribution in [2.24, 2.45) is 0 Å². The largest absolute Gasteiger partial charge is 0.416 e. The molecule has 3 heterocycles. The van der Waals surface area contributed by atoms with Gasteiger partial charge in [0, 0.05) is 25.9 Å². The van der Waals surface area contributed by atoms with Crippen molar-refractivity contribution in [3.05, 3.63) is 18.0 Å². The lowest BCUT2D eigenvalue weighted by Gasteiger charge is -2.31. The summed E-state index contributed by atoms with van der Waals surface area (Å²) in [5.74, 6) is 1.99. The highest BCUT2D eigenvalue weighted by molar-refractivity contribution is 7.99. The lowest BCUT2D eigenvalue weighted by molar-refractivity contribution is -0.129. The summed E-state index contributed by atoms with van der Waals surface area (Å²) >= 11 is 1.27. The molecule has 0 bridgehead atoms. The first-order valence-electron chi connectivity index (χ1n) is 6.78. The summed E-state index contributed by atoms with van der Waals surface area (Å²) < 4.78 is 5.25. The maximum absolute atomic E-state index is 12.3. The lowest BCUT2D eigenvalue weighted by Crippen LogP contribution is -2.40. The highest BCUT2D eigenvalue weighted by atomic mass is 32.2. The summed E-state index contributed by atoms with van der Waals surface area (Å²) in [6.07, 6.45) is 3.50. The summed E-state index contributed by atoms with van der Waals surface area (Å²) in [7, 11) is 0. The molecule has 0 radical (unpaired) electrons. The molecule has 1 saturated heterocycles. The van der Waals surface area contributed by atoms with Crippen molar-refractivity contribution in [2.45, 2.75) is 30.9 Å². The number of nitrogens with one attached hydrogen (secondary N) is 1. The molecule has 1 fully saturated rings. The van der Waals surface area contributed by atoms with Crippen molar-refractivity contribution in [1.82, 2.24) is 30.3 Å². The maximum atomic E-state index is 12.3. The summed E-state index contributed by atoms with van der Waals surface area (Å²) in [6, 6.07) is 0. The van der Waals surface area contributed by atoms with Crippen LogP contribution >= 0.6 is 11.8 Å². The zero-order valence-electron chi connectivity index (χ0n) is 11.7.